The van der Waals surface area contributed by atoms with Gasteiger partial charge in [0.15, 0.2) is 6.61 Å². The van der Waals surface area contributed by atoms with E-state index in [0.29, 0.717) is 0 Å². The number of rotatable bonds is 5. The van der Waals surface area contributed by atoms with Gasteiger partial charge in [0.25, 0.3) is 0 Å². The average Bonchev–Trinajstić information content (AvgIpc) is 2.45. The van der Waals surface area contributed by atoms with Crippen molar-refractivity contribution in [1.29, 1.82) is 0 Å². The van der Waals surface area contributed by atoms with Crippen LogP contribution in [0.25, 0.3) is 0 Å². The van der Waals surface area contributed by atoms with Gasteiger partial charge in [-0.2, -0.15) is 4.31 Å². The minimum atomic E-state index is -3.74. The summed E-state index contributed by atoms with van der Waals surface area (Å²) in [5.74, 6) is -1.20. The fourth-order valence-corrected chi connectivity index (χ4v) is 3.22. The van der Waals surface area contributed by atoms with E-state index in [1.54, 1.807) is 0 Å². The van der Waals surface area contributed by atoms with Gasteiger partial charge in [-0.25, -0.2) is 13.2 Å². The normalized spacial score (nSPS) is 16.3. The van der Waals surface area contributed by atoms with Crippen LogP contribution in [-0.4, -0.2) is 55.9 Å². The molecular weight excluding hydrogens is 300 g/mol. The molecule has 0 unspecified atom stereocenters. The van der Waals surface area contributed by atoms with Crippen molar-refractivity contribution < 1.29 is 27.9 Å². The molecule has 1 heterocycles. The second-order valence-electron chi connectivity index (χ2n) is 4.34. The number of hydrogen-bond acceptors (Lipinski definition) is 5. The maximum Gasteiger partial charge on any atom is 0.341 e. The van der Waals surface area contributed by atoms with Crippen LogP contribution in [0.1, 0.15) is 0 Å². The van der Waals surface area contributed by atoms with Crippen molar-refractivity contribution in [3.8, 4) is 5.75 Å². The Kier molecular flexibility index (Phi) is 4.43. The quantitative estimate of drug-likeness (QED) is 0.741. The van der Waals surface area contributed by atoms with Gasteiger partial charge < -0.3 is 15.2 Å². The van der Waals surface area contributed by atoms with Gasteiger partial charge in [0.2, 0.25) is 15.9 Å². The molecule has 0 radical (unpaired) electrons. The number of carbonyl (C=O) groups excluding carboxylic acids is 1. The summed E-state index contributed by atoms with van der Waals surface area (Å²) in [6.45, 7) is -0.221. The van der Waals surface area contributed by atoms with E-state index in [0.717, 1.165) is 4.31 Å². The van der Waals surface area contributed by atoms with Gasteiger partial charge in [0.1, 0.15) is 5.75 Å². The zero-order chi connectivity index (χ0) is 15.5. The number of hydrogen-bond donors (Lipinski definition) is 2. The number of carbonyl (C=O) groups is 2. The maximum atomic E-state index is 12.3. The SMILES string of the molecule is O=C(O)COc1ccc(S(=O)(=O)N2CCNC(=O)C2)cc1. The van der Waals surface area contributed by atoms with E-state index in [2.05, 4.69) is 5.32 Å². The first kappa shape index (κ1) is 15.3. The van der Waals surface area contributed by atoms with E-state index >= 15 is 0 Å². The van der Waals surface area contributed by atoms with E-state index in [1.165, 1.54) is 24.3 Å². The summed E-state index contributed by atoms with van der Waals surface area (Å²) in [6, 6.07) is 5.39. The molecule has 1 aromatic carbocycles. The third kappa shape index (κ3) is 3.70. The molecule has 0 spiro atoms. The largest absolute Gasteiger partial charge is 0.482 e. The van der Waals surface area contributed by atoms with Crippen LogP contribution in [0, 0.1) is 0 Å². The molecule has 8 nitrogen and oxygen atoms in total. The third-order valence-corrected chi connectivity index (χ3v) is 4.69. The summed E-state index contributed by atoms with van der Waals surface area (Å²) in [5, 5.41) is 11.0. The number of carboxylic acids is 1. The van der Waals surface area contributed by atoms with E-state index in [9.17, 15) is 18.0 Å². The molecule has 9 heteroatoms. The molecule has 1 saturated heterocycles. The van der Waals surface area contributed by atoms with Crippen LogP contribution in [0.5, 0.6) is 5.75 Å². The Bertz CT molecular complexity index is 640. The van der Waals surface area contributed by atoms with E-state index < -0.39 is 22.6 Å². The molecule has 2 rings (SSSR count). The fraction of sp³-hybridized carbons (Fsp3) is 0.333. The van der Waals surface area contributed by atoms with Crippen LogP contribution in [0.4, 0.5) is 0 Å². The maximum absolute atomic E-state index is 12.3. The second kappa shape index (κ2) is 6.10. The summed E-state index contributed by atoms with van der Waals surface area (Å²) in [7, 11) is -3.74. The van der Waals surface area contributed by atoms with Crippen LogP contribution in [0.2, 0.25) is 0 Å². The van der Waals surface area contributed by atoms with Gasteiger partial charge in [-0.05, 0) is 24.3 Å². The molecule has 1 aliphatic heterocycles. The number of benzene rings is 1. The predicted molar refractivity (Wildman–Crippen MR) is 71.3 cm³/mol. The molecule has 21 heavy (non-hydrogen) atoms. The Morgan fingerprint density at radius 2 is 2.00 bits per heavy atom. The minimum Gasteiger partial charge on any atom is -0.482 e. The monoisotopic (exact) mass is 314 g/mol. The number of amides is 1. The molecule has 0 aliphatic carbocycles. The molecule has 114 valence electrons. The summed E-state index contributed by atoms with van der Waals surface area (Å²) in [4.78, 5) is 21.7. The minimum absolute atomic E-state index is 0.0277. The molecule has 1 aliphatic rings. The van der Waals surface area contributed by atoms with Crippen LogP contribution >= 0.6 is 0 Å². The van der Waals surface area contributed by atoms with E-state index in [-0.39, 0.29) is 36.2 Å². The first-order valence-electron chi connectivity index (χ1n) is 6.11. The summed E-state index contributed by atoms with van der Waals surface area (Å²) >= 11 is 0. The standard InChI is InChI=1S/C12H14N2O6S/c15-11-7-14(6-5-13-11)21(18,19)10-3-1-9(2-4-10)20-8-12(16)17/h1-4H,5-8H2,(H,13,15)(H,16,17). The van der Waals surface area contributed by atoms with Crippen LogP contribution in [0.15, 0.2) is 29.2 Å². The van der Waals surface area contributed by atoms with Gasteiger partial charge in [0.05, 0.1) is 11.4 Å². The Morgan fingerprint density at radius 3 is 2.57 bits per heavy atom. The number of nitrogens with one attached hydrogen (secondary N) is 1. The Hall–Kier alpha value is -2.13. The Balaban J connectivity index is 2.13. The first-order valence-corrected chi connectivity index (χ1v) is 7.55. The highest BCUT2D eigenvalue weighted by atomic mass is 32.2. The summed E-state index contributed by atoms with van der Waals surface area (Å²) in [5.41, 5.74) is 0. The van der Waals surface area contributed by atoms with Crippen molar-refractivity contribution in [3.05, 3.63) is 24.3 Å². The van der Waals surface area contributed by atoms with Crippen LogP contribution in [0.3, 0.4) is 0 Å². The smallest absolute Gasteiger partial charge is 0.341 e. The number of piperazine rings is 1. The van der Waals surface area contributed by atoms with Crippen molar-refractivity contribution in [2.24, 2.45) is 0 Å². The zero-order valence-corrected chi connectivity index (χ0v) is 11.8. The van der Waals surface area contributed by atoms with E-state index in [4.69, 9.17) is 9.84 Å². The molecule has 1 fully saturated rings. The lowest BCUT2D eigenvalue weighted by molar-refractivity contribution is -0.139. The summed E-state index contributed by atoms with van der Waals surface area (Å²) < 4.78 is 30.7. The molecule has 0 atom stereocenters. The molecule has 1 aromatic rings. The Morgan fingerprint density at radius 1 is 1.33 bits per heavy atom. The highest BCUT2D eigenvalue weighted by molar-refractivity contribution is 7.89. The number of ether oxygens (including phenoxy) is 1. The third-order valence-electron chi connectivity index (χ3n) is 2.83. The van der Waals surface area contributed by atoms with Gasteiger partial charge in [-0.3, -0.25) is 4.79 Å². The number of carboxylic acid groups (broad SMARTS) is 1. The lowest BCUT2D eigenvalue weighted by atomic mass is 10.3. The van der Waals surface area contributed by atoms with Crippen molar-refractivity contribution in [2.45, 2.75) is 4.90 Å². The highest BCUT2D eigenvalue weighted by Gasteiger charge is 2.28. The lowest BCUT2D eigenvalue weighted by Crippen LogP contribution is -2.49. The van der Waals surface area contributed by atoms with Crippen molar-refractivity contribution >= 4 is 21.9 Å². The molecule has 1 amide bonds. The van der Waals surface area contributed by atoms with Crippen molar-refractivity contribution in [1.82, 2.24) is 9.62 Å². The Labute approximate surface area is 121 Å². The predicted octanol–water partition coefficient (Wildman–Crippen LogP) is -0.729. The van der Waals surface area contributed by atoms with Crippen LogP contribution in [-0.2, 0) is 19.6 Å². The zero-order valence-electron chi connectivity index (χ0n) is 11.0. The molecule has 0 aromatic heterocycles. The van der Waals surface area contributed by atoms with Gasteiger partial charge in [0, 0.05) is 13.1 Å². The first-order chi connectivity index (χ1) is 9.89. The fourth-order valence-electron chi connectivity index (χ4n) is 1.82. The van der Waals surface area contributed by atoms with Gasteiger partial charge in [-0.15, -0.1) is 0 Å². The van der Waals surface area contributed by atoms with Gasteiger partial charge in [-0.1, -0.05) is 0 Å². The topological polar surface area (TPSA) is 113 Å². The second-order valence-corrected chi connectivity index (χ2v) is 6.28. The molecule has 2 N–H and O–H groups in total. The summed E-state index contributed by atoms with van der Waals surface area (Å²) in [6.07, 6.45) is 0. The number of aliphatic carboxylic acids is 1. The van der Waals surface area contributed by atoms with E-state index in [1.807, 2.05) is 0 Å². The van der Waals surface area contributed by atoms with Crippen molar-refractivity contribution in [3.63, 3.8) is 0 Å². The molecule has 0 bridgehead atoms. The van der Waals surface area contributed by atoms with Crippen molar-refractivity contribution in [2.75, 3.05) is 26.2 Å². The van der Waals surface area contributed by atoms with Gasteiger partial charge >= 0.3 is 5.97 Å². The highest BCUT2D eigenvalue weighted by Crippen LogP contribution is 2.20. The molecule has 0 saturated carbocycles. The van der Waals surface area contributed by atoms with Crippen LogP contribution < -0.4 is 10.1 Å². The lowest BCUT2D eigenvalue weighted by Gasteiger charge is -2.25. The average molecular weight is 314 g/mol. The molecular formula is C12H14N2O6S. The number of nitrogens with zero attached hydrogens (tertiary/aromatic N) is 1. The number of sulfonamides is 1.